The van der Waals surface area contributed by atoms with Crippen LogP contribution in [-0.2, 0) is 9.53 Å². The van der Waals surface area contributed by atoms with Crippen molar-refractivity contribution >= 4 is 5.91 Å². The van der Waals surface area contributed by atoms with Gasteiger partial charge in [-0.1, -0.05) is 12.8 Å². The average Bonchev–Trinajstić information content (AvgIpc) is 2.86. The van der Waals surface area contributed by atoms with Crippen LogP contribution in [0.1, 0.15) is 32.1 Å². The second kappa shape index (κ2) is 4.31. The Bertz CT molecular complexity index is 268. The zero-order chi connectivity index (χ0) is 11.6. The Balaban J connectivity index is 1.83. The van der Waals surface area contributed by atoms with Crippen molar-refractivity contribution in [3.63, 3.8) is 0 Å². The van der Waals surface area contributed by atoms with Gasteiger partial charge in [0, 0.05) is 13.2 Å². The van der Waals surface area contributed by atoms with Gasteiger partial charge in [-0.3, -0.25) is 4.79 Å². The Labute approximate surface area is 95.3 Å². The first kappa shape index (κ1) is 11.8. The second-order valence-corrected chi connectivity index (χ2v) is 5.07. The van der Waals surface area contributed by atoms with E-state index < -0.39 is 11.1 Å². The van der Waals surface area contributed by atoms with Crippen molar-refractivity contribution in [3.05, 3.63) is 0 Å². The quantitative estimate of drug-likeness (QED) is 0.609. The molecule has 5 heteroatoms. The Morgan fingerprint density at radius 2 is 2.06 bits per heavy atom. The Kier molecular flexibility index (Phi) is 3.19. The van der Waals surface area contributed by atoms with Gasteiger partial charge in [0.1, 0.15) is 5.54 Å². The SMILES string of the molecule is NC1(C(=O)NCC2(O)CCCC2)CCOC1. The minimum absolute atomic E-state index is 0.203. The third-order valence-corrected chi connectivity index (χ3v) is 3.62. The molecule has 2 rings (SSSR count). The summed E-state index contributed by atoms with van der Waals surface area (Å²) in [6, 6.07) is 0. The number of amides is 1. The molecule has 4 N–H and O–H groups in total. The summed E-state index contributed by atoms with van der Waals surface area (Å²) in [4.78, 5) is 11.8. The molecule has 0 spiro atoms. The van der Waals surface area contributed by atoms with Crippen molar-refractivity contribution in [2.24, 2.45) is 5.73 Å². The van der Waals surface area contributed by atoms with Crippen LogP contribution in [0.15, 0.2) is 0 Å². The minimum Gasteiger partial charge on any atom is -0.388 e. The van der Waals surface area contributed by atoms with Gasteiger partial charge in [-0.25, -0.2) is 0 Å². The van der Waals surface area contributed by atoms with Crippen LogP contribution in [0, 0.1) is 0 Å². The largest absolute Gasteiger partial charge is 0.388 e. The van der Waals surface area contributed by atoms with Gasteiger partial charge < -0.3 is 20.9 Å². The third-order valence-electron chi connectivity index (χ3n) is 3.62. The van der Waals surface area contributed by atoms with Crippen LogP contribution in [0.3, 0.4) is 0 Å². The first-order valence-electron chi connectivity index (χ1n) is 5.92. The highest BCUT2D eigenvalue weighted by atomic mass is 16.5. The Morgan fingerprint density at radius 3 is 2.62 bits per heavy atom. The summed E-state index contributed by atoms with van der Waals surface area (Å²) in [5, 5.41) is 12.8. The standard InChI is InChI=1S/C11H20N2O3/c12-11(5-6-16-8-11)9(14)13-7-10(15)3-1-2-4-10/h15H,1-8,12H2,(H,13,14). The van der Waals surface area contributed by atoms with Crippen LogP contribution < -0.4 is 11.1 Å². The molecule has 0 bridgehead atoms. The van der Waals surface area contributed by atoms with E-state index in [1.54, 1.807) is 0 Å². The van der Waals surface area contributed by atoms with E-state index in [9.17, 15) is 9.90 Å². The van der Waals surface area contributed by atoms with Crippen molar-refractivity contribution in [3.8, 4) is 0 Å². The number of hydrogen-bond donors (Lipinski definition) is 3. The fraction of sp³-hybridized carbons (Fsp3) is 0.909. The van der Waals surface area contributed by atoms with Gasteiger partial charge in [0.15, 0.2) is 0 Å². The van der Waals surface area contributed by atoms with Gasteiger partial charge in [-0.15, -0.1) is 0 Å². The van der Waals surface area contributed by atoms with E-state index >= 15 is 0 Å². The number of nitrogens with one attached hydrogen (secondary N) is 1. The molecule has 0 radical (unpaired) electrons. The number of carbonyl (C=O) groups excluding carboxylic acids is 1. The molecule has 2 fully saturated rings. The molecule has 1 unspecified atom stereocenters. The fourth-order valence-corrected chi connectivity index (χ4v) is 2.39. The fourth-order valence-electron chi connectivity index (χ4n) is 2.39. The summed E-state index contributed by atoms with van der Waals surface area (Å²) < 4.78 is 5.13. The highest BCUT2D eigenvalue weighted by molar-refractivity contribution is 5.86. The van der Waals surface area contributed by atoms with E-state index in [-0.39, 0.29) is 12.5 Å². The van der Waals surface area contributed by atoms with Gasteiger partial charge in [0.25, 0.3) is 0 Å². The molecule has 16 heavy (non-hydrogen) atoms. The number of rotatable bonds is 3. The molecule has 1 heterocycles. The molecule has 92 valence electrons. The van der Waals surface area contributed by atoms with Crippen LogP contribution in [0.4, 0.5) is 0 Å². The molecule has 1 amide bonds. The van der Waals surface area contributed by atoms with Crippen LogP contribution in [0.5, 0.6) is 0 Å². The smallest absolute Gasteiger partial charge is 0.242 e. The van der Waals surface area contributed by atoms with Crippen molar-refractivity contribution in [2.45, 2.75) is 43.2 Å². The lowest BCUT2D eigenvalue weighted by Crippen LogP contribution is -2.56. The topological polar surface area (TPSA) is 84.6 Å². The van der Waals surface area contributed by atoms with E-state index in [0.717, 1.165) is 25.7 Å². The maximum absolute atomic E-state index is 11.8. The number of carbonyl (C=O) groups is 1. The summed E-state index contributed by atoms with van der Waals surface area (Å²) in [6.07, 6.45) is 4.15. The number of ether oxygens (including phenoxy) is 1. The Hall–Kier alpha value is -0.650. The first-order valence-corrected chi connectivity index (χ1v) is 5.92. The number of aliphatic hydroxyl groups is 1. The molecule has 1 aliphatic carbocycles. The molecule has 5 nitrogen and oxygen atoms in total. The molecule has 1 aliphatic heterocycles. The van der Waals surface area contributed by atoms with Crippen LogP contribution >= 0.6 is 0 Å². The van der Waals surface area contributed by atoms with Gasteiger partial charge in [0.2, 0.25) is 5.91 Å². The van der Waals surface area contributed by atoms with Crippen LogP contribution in [0.2, 0.25) is 0 Å². The molecular formula is C11H20N2O3. The summed E-state index contributed by atoms with van der Waals surface area (Å²) >= 11 is 0. The van der Waals surface area contributed by atoms with E-state index in [0.29, 0.717) is 19.6 Å². The second-order valence-electron chi connectivity index (χ2n) is 5.07. The van der Waals surface area contributed by atoms with Crippen molar-refractivity contribution < 1.29 is 14.6 Å². The molecular weight excluding hydrogens is 208 g/mol. The summed E-state index contributed by atoms with van der Waals surface area (Å²) in [6.45, 7) is 1.12. The van der Waals surface area contributed by atoms with Gasteiger partial charge in [-0.05, 0) is 19.3 Å². The van der Waals surface area contributed by atoms with Gasteiger partial charge in [-0.2, -0.15) is 0 Å². The highest BCUT2D eigenvalue weighted by Gasteiger charge is 2.40. The molecule has 1 saturated heterocycles. The highest BCUT2D eigenvalue weighted by Crippen LogP contribution is 2.28. The Morgan fingerprint density at radius 1 is 1.38 bits per heavy atom. The molecule has 1 atom stereocenters. The summed E-state index contributed by atoms with van der Waals surface area (Å²) in [5.74, 6) is -0.203. The van der Waals surface area contributed by atoms with Gasteiger partial charge in [0.05, 0.1) is 12.2 Å². The molecule has 0 aromatic heterocycles. The first-order chi connectivity index (χ1) is 7.54. The maximum atomic E-state index is 11.8. The van der Waals surface area contributed by atoms with E-state index in [1.165, 1.54) is 0 Å². The van der Waals surface area contributed by atoms with Crippen LogP contribution in [-0.4, -0.2) is 41.9 Å². The maximum Gasteiger partial charge on any atom is 0.242 e. The average molecular weight is 228 g/mol. The summed E-state index contributed by atoms with van der Waals surface area (Å²) in [5.41, 5.74) is 4.30. The number of hydrogen-bond acceptors (Lipinski definition) is 4. The summed E-state index contributed by atoms with van der Waals surface area (Å²) in [7, 11) is 0. The minimum atomic E-state index is -0.894. The third kappa shape index (κ3) is 2.36. The zero-order valence-corrected chi connectivity index (χ0v) is 9.50. The molecule has 0 aromatic carbocycles. The van der Waals surface area contributed by atoms with Gasteiger partial charge >= 0.3 is 0 Å². The predicted octanol–water partition coefficient (Wildman–Crippen LogP) is -0.475. The monoisotopic (exact) mass is 228 g/mol. The molecule has 0 aromatic rings. The van der Waals surface area contributed by atoms with Crippen molar-refractivity contribution in [1.82, 2.24) is 5.32 Å². The van der Waals surface area contributed by atoms with Crippen LogP contribution in [0.25, 0.3) is 0 Å². The lowest BCUT2D eigenvalue weighted by Gasteiger charge is -2.26. The van der Waals surface area contributed by atoms with Crippen molar-refractivity contribution in [2.75, 3.05) is 19.8 Å². The normalized spacial score (nSPS) is 32.9. The lowest BCUT2D eigenvalue weighted by molar-refractivity contribution is -0.127. The predicted molar refractivity (Wildman–Crippen MR) is 58.8 cm³/mol. The number of nitrogens with two attached hydrogens (primary N) is 1. The lowest BCUT2D eigenvalue weighted by atomic mass is 9.97. The van der Waals surface area contributed by atoms with Crippen molar-refractivity contribution in [1.29, 1.82) is 0 Å². The molecule has 1 saturated carbocycles. The van der Waals surface area contributed by atoms with E-state index in [4.69, 9.17) is 10.5 Å². The molecule has 2 aliphatic rings. The van der Waals surface area contributed by atoms with E-state index in [2.05, 4.69) is 5.32 Å². The zero-order valence-electron chi connectivity index (χ0n) is 9.50. The van der Waals surface area contributed by atoms with E-state index in [1.807, 2.05) is 0 Å².